The number of ether oxygens (including phenoxy) is 2. The average Bonchev–Trinajstić information content (AvgIpc) is 3.22. The van der Waals surface area contributed by atoms with E-state index in [0.29, 0.717) is 12.5 Å². The summed E-state index contributed by atoms with van der Waals surface area (Å²) in [6, 6.07) is 6.15. The highest BCUT2D eigenvalue weighted by molar-refractivity contribution is 5.64. The van der Waals surface area contributed by atoms with Crippen LogP contribution in [0.1, 0.15) is 54.9 Å². The maximum Gasteiger partial charge on any atom is 0.244 e. The van der Waals surface area contributed by atoms with Gasteiger partial charge < -0.3 is 14.0 Å². The van der Waals surface area contributed by atoms with Crippen molar-refractivity contribution in [1.82, 2.24) is 15.0 Å². The van der Waals surface area contributed by atoms with Gasteiger partial charge in [0.1, 0.15) is 18.1 Å². The van der Waals surface area contributed by atoms with Gasteiger partial charge >= 0.3 is 0 Å². The Kier molecular flexibility index (Phi) is 3.93. The van der Waals surface area contributed by atoms with Crippen molar-refractivity contribution in [3.63, 3.8) is 0 Å². The van der Waals surface area contributed by atoms with Gasteiger partial charge in [-0.05, 0) is 62.1 Å². The van der Waals surface area contributed by atoms with Crippen molar-refractivity contribution in [2.75, 3.05) is 26.8 Å². The van der Waals surface area contributed by atoms with Gasteiger partial charge in [-0.25, -0.2) is 0 Å². The molecular formula is C20H23N3O3. The molecule has 0 amide bonds. The fraction of sp³-hybridized carbons (Fsp3) is 0.500. The molecule has 2 aromatic rings. The van der Waals surface area contributed by atoms with Crippen LogP contribution in [0.3, 0.4) is 0 Å². The molecule has 1 saturated carbocycles. The Morgan fingerprint density at radius 3 is 3.04 bits per heavy atom. The minimum absolute atomic E-state index is 0.225. The van der Waals surface area contributed by atoms with E-state index < -0.39 is 0 Å². The fourth-order valence-electron chi connectivity index (χ4n) is 3.87. The molecule has 0 bridgehead atoms. The molecule has 1 atom stereocenters. The molecule has 0 spiro atoms. The lowest BCUT2D eigenvalue weighted by Crippen LogP contribution is -2.28. The highest BCUT2D eigenvalue weighted by Crippen LogP contribution is 2.40. The third-order valence-corrected chi connectivity index (χ3v) is 5.44. The summed E-state index contributed by atoms with van der Waals surface area (Å²) in [4.78, 5) is 7.10. The molecule has 6 nitrogen and oxygen atoms in total. The summed E-state index contributed by atoms with van der Waals surface area (Å²) >= 11 is 0. The van der Waals surface area contributed by atoms with E-state index in [9.17, 15) is 0 Å². The van der Waals surface area contributed by atoms with Gasteiger partial charge in [-0.1, -0.05) is 5.16 Å². The molecule has 136 valence electrons. The molecule has 1 aromatic carbocycles. The summed E-state index contributed by atoms with van der Waals surface area (Å²) in [5.41, 5.74) is 2.34. The maximum absolute atomic E-state index is 5.93. The highest BCUT2D eigenvalue weighted by Gasteiger charge is 2.34. The number of fused-ring (bicyclic) bond motifs is 1. The Morgan fingerprint density at radius 2 is 2.19 bits per heavy atom. The Bertz CT molecular complexity index is 841. The van der Waals surface area contributed by atoms with Gasteiger partial charge in [-0.15, -0.1) is 0 Å². The SMILES string of the molecule is COc1ccc2c(c1)C=C(CN1CCC[C@H]1c1nc(C3CC3)no1)CO2. The molecule has 0 N–H and O–H groups in total. The van der Waals surface area contributed by atoms with Crippen molar-refractivity contribution in [2.24, 2.45) is 0 Å². The molecule has 3 aliphatic rings. The summed E-state index contributed by atoms with van der Waals surface area (Å²) in [7, 11) is 1.69. The molecule has 0 unspecified atom stereocenters. The molecule has 1 aromatic heterocycles. The second-order valence-electron chi connectivity index (χ2n) is 7.39. The first-order valence-electron chi connectivity index (χ1n) is 9.38. The number of rotatable bonds is 5. The van der Waals surface area contributed by atoms with E-state index in [1.165, 1.54) is 18.4 Å². The number of nitrogens with zero attached hydrogens (tertiary/aromatic N) is 3. The zero-order chi connectivity index (χ0) is 17.5. The van der Waals surface area contributed by atoms with Crippen LogP contribution >= 0.6 is 0 Å². The second kappa shape index (κ2) is 6.43. The molecule has 26 heavy (non-hydrogen) atoms. The summed E-state index contributed by atoms with van der Waals surface area (Å²) in [5, 5.41) is 4.19. The zero-order valence-electron chi connectivity index (χ0n) is 15.0. The van der Waals surface area contributed by atoms with Crippen molar-refractivity contribution < 1.29 is 14.0 Å². The third-order valence-electron chi connectivity index (χ3n) is 5.44. The van der Waals surface area contributed by atoms with Crippen molar-refractivity contribution in [1.29, 1.82) is 0 Å². The average molecular weight is 353 g/mol. The van der Waals surface area contributed by atoms with Gasteiger partial charge in [-0.3, -0.25) is 4.90 Å². The summed E-state index contributed by atoms with van der Waals surface area (Å²) in [6.07, 6.45) is 6.84. The Morgan fingerprint density at radius 1 is 1.27 bits per heavy atom. The van der Waals surface area contributed by atoms with Gasteiger partial charge in [0.25, 0.3) is 0 Å². The monoisotopic (exact) mass is 353 g/mol. The van der Waals surface area contributed by atoms with E-state index in [1.54, 1.807) is 7.11 Å². The smallest absolute Gasteiger partial charge is 0.244 e. The van der Waals surface area contributed by atoms with Crippen molar-refractivity contribution in [2.45, 2.75) is 37.6 Å². The van der Waals surface area contributed by atoms with Gasteiger partial charge in [0, 0.05) is 18.0 Å². The minimum atomic E-state index is 0.225. The largest absolute Gasteiger partial charge is 0.497 e. The standard InChI is InChI=1S/C20H23N3O3/c1-24-16-6-7-18-15(10-16)9-13(12-25-18)11-23-8-2-3-17(23)20-21-19(22-26-20)14-4-5-14/h6-7,9-10,14,17H,2-5,8,11-12H2,1H3/t17-/m0/s1. The maximum atomic E-state index is 5.93. The number of likely N-dealkylation sites (tertiary alicyclic amines) is 1. The Balaban J connectivity index is 1.33. The number of hydrogen-bond donors (Lipinski definition) is 0. The Labute approximate surface area is 152 Å². The minimum Gasteiger partial charge on any atom is -0.497 e. The number of hydrogen-bond acceptors (Lipinski definition) is 6. The highest BCUT2D eigenvalue weighted by atomic mass is 16.5. The van der Waals surface area contributed by atoms with Crippen molar-refractivity contribution in [3.8, 4) is 11.5 Å². The molecular weight excluding hydrogens is 330 g/mol. The predicted octanol–water partition coefficient (Wildman–Crippen LogP) is 3.57. The van der Waals surface area contributed by atoms with Crippen molar-refractivity contribution >= 4 is 6.08 Å². The number of methoxy groups -OCH3 is 1. The quantitative estimate of drug-likeness (QED) is 0.819. The van der Waals surface area contributed by atoms with Crippen LogP contribution in [-0.4, -0.2) is 41.8 Å². The lowest BCUT2D eigenvalue weighted by Gasteiger charge is -2.25. The first-order chi connectivity index (χ1) is 12.8. The van der Waals surface area contributed by atoms with Crippen LogP contribution in [0.25, 0.3) is 6.08 Å². The van der Waals surface area contributed by atoms with E-state index in [-0.39, 0.29) is 6.04 Å². The van der Waals surface area contributed by atoms with Crippen LogP contribution in [0.15, 0.2) is 28.3 Å². The summed E-state index contributed by atoms with van der Waals surface area (Å²) in [6.45, 7) is 2.54. The number of benzene rings is 1. The molecule has 0 radical (unpaired) electrons. The van der Waals surface area contributed by atoms with E-state index in [1.807, 2.05) is 18.2 Å². The Hall–Kier alpha value is -2.34. The fourth-order valence-corrected chi connectivity index (χ4v) is 3.87. The first kappa shape index (κ1) is 15.9. The molecule has 6 heteroatoms. The lowest BCUT2D eigenvalue weighted by molar-refractivity contribution is 0.214. The van der Waals surface area contributed by atoms with Crippen LogP contribution in [-0.2, 0) is 0 Å². The molecule has 2 fully saturated rings. The first-order valence-corrected chi connectivity index (χ1v) is 9.38. The van der Waals surface area contributed by atoms with Gasteiger partial charge in [0.05, 0.1) is 13.2 Å². The molecule has 1 saturated heterocycles. The van der Waals surface area contributed by atoms with E-state index in [0.717, 1.165) is 54.7 Å². The molecule has 2 aliphatic heterocycles. The van der Waals surface area contributed by atoms with E-state index >= 15 is 0 Å². The summed E-state index contributed by atoms with van der Waals surface area (Å²) < 4.78 is 16.8. The van der Waals surface area contributed by atoms with Crippen LogP contribution in [0, 0.1) is 0 Å². The van der Waals surface area contributed by atoms with E-state index in [4.69, 9.17) is 14.0 Å². The topological polar surface area (TPSA) is 60.6 Å². The van der Waals surface area contributed by atoms with Crippen LogP contribution in [0.2, 0.25) is 0 Å². The normalized spacial score (nSPS) is 22.7. The van der Waals surface area contributed by atoms with Crippen molar-refractivity contribution in [3.05, 3.63) is 41.1 Å². The van der Waals surface area contributed by atoms with Crippen LogP contribution in [0.4, 0.5) is 0 Å². The predicted molar refractivity (Wildman–Crippen MR) is 96.3 cm³/mol. The molecule has 1 aliphatic carbocycles. The van der Waals surface area contributed by atoms with Gasteiger partial charge in [0.15, 0.2) is 5.82 Å². The van der Waals surface area contributed by atoms with Gasteiger partial charge in [-0.2, -0.15) is 4.98 Å². The zero-order valence-corrected chi connectivity index (χ0v) is 15.0. The lowest BCUT2D eigenvalue weighted by atomic mass is 10.1. The van der Waals surface area contributed by atoms with Crippen LogP contribution in [0.5, 0.6) is 11.5 Å². The molecule has 5 rings (SSSR count). The summed E-state index contributed by atoms with van der Waals surface area (Å²) in [5.74, 6) is 3.97. The number of aromatic nitrogens is 2. The van der Waals surface area contributed by atoms with Crippen LogP contribution < -0.4 is 9.47 Å². The second-order valence-corrected chi connectivity index (χ2v) is 7.39. The third kappa shape index (κ3) is 2.98. The molecule has 3 heterocycles. The van der Waals surface area contributed by atoms with Gasteiger partial charge in [0.2, 0.25) is 5.89 Å². The van der Waals surface area contributed by atoms with E-state index in [2.05, 4.69) is 21.1 Å².